The molecule has 0 bridgehead atoms. The summed E-state index contributed by atoms with van der Waals surface area (Å²) < 4.78 is 19.7. The molecule has 2 aromatic rings. The molecule has 0 aromatic heterocycles. The lowest BCUT2D eigenvalue weighted by molar-refractivity contribution is -0.114. The molecule has 0 radical (unpaired) electrons. The molecule has 1 aliphatic rings. The summed E-state index contributed by atoms with van der Waals surface area (Å²) in [5.74, 6) is -0.642. The molecule has 0 saturated heterocycles. The molecule has 2 N–H and O–H groups in total. The van der Waals surface area contributed by atoms with Crippen molar-refractivity contribution in [3.8, 4) is 6.07 Å². The first-order chi connectivity index (χ1) is 13.3. The van der Waals surface area contributed by atoms with Crippen molar-refractivity contribution in [2.45, 2.75) is 13.3 Å². The van der Waals surface area contributed by atoms with Crippen molar-refractivity contribution in [1.29, 1.82) is 5.26 Å². The average Bonchev–Trinajstić information content (AvgIpc) is 3.04. The van der Waals surface area contributed by atoms with E-state index in [1.54, 1.807) is 36.4 Å². The molecule has 0 fully saturated rings. The fraction of sp³-hybridized carbons (Fsp3) is 0.143. The summed E-state index contributed by atoms with van der Waals surface area (Å²) in [5, 5.41) is 9.97. The lowest BCUT2D eigenvalue weighted by Gasteiger charge is -2.21. The number of carbonyl (C=O) groups is 1. The lowest BCUT2D eigenvalue weighted by Crippen LogP contribution is -2.17. The van der Waals surface area contributed by atoms with E-state index in [1.165, 1.54) is 13.2 Å². The molecule has 2 aromatic carbocycles. The van der Waals surface area contributed by atoms with Crippen LogP contribution in [-0.2, 0) is 20.3 Å². The molecule has 7 heteroatoms. The summed E-state index contributed by atoms with van der Waals surface area (Å²) >= 11 is 6.15. The lowest BCUT2D eigenvalue weighted by atomic mass is 10.1. The monoisotopic (exact) mass is 412 g/mol. The Hall–Kier alpha value is -2.64. The van der Waals surface area contributed by atoms with Crippen LogP contribution in [0.2, 0.25) is 5.02 Å². The van der Waals surface area contributed by atoms with Crippen LogP contribution in [0.25, 0.3) is 11.4 Å². The number of hydrogen-bond acceptors (Lipinski definition) is 4. The predicted octanol–water partition coefficient (Wildman–Crippen LogP) is 4.19. The van der Waals surface area contributed by atoms with Crippen LogP contribution in [0, 0.1) is 18.3 Å². The maximum atomic E-state index is 14.1. The Bertz CT molecular complexity index is 1130. The fourth-order valence-corrected chi connectivity index (χ4v) is 6.00. The summed E-state index contributed by atoms with van der Waals surface area (Å²) in [6, 6.07) is 12.4. The Morgan fingerprint density at radius 2 is 2.07 bits per heavy atom. The van der Waals surface area contributed by atoms with Gasteiger partial charge in [0.1, 0.15) is 0 Å². The van der Waals surface area contributed by atoms with Gasteiger partial charge in [0, 0.05) is 35.5 Å². The van der Waals surface area contributed by atoms with Crippen LogP contribution in [0.5, 0.6) is 0 Å². The van der Waals surface area contributed by atoms with Crippen LogP contribution in [0.15, 0.2) is 48.0 Å². The van der Waals surface area contributed by atoms with Gasteiger partial charge in [-0.25, -0.2) is 0 Å². The van der Waals surface area contributed by atoms with Gasteiger partial charge >= 0.3 is 0 Å². The standard InChI is InChI=1S/C21H18ClN2O3P/c1-13-8-14(4-3-7-23)10-17(9-13)28(26,27-2)20-18-12-16(22)6-5-15(18)11-19(20)21(24)25/h3-6,8-10,12H,11H2,1-2H3,(H2,24,25)/b4-3+/t28-/m1/s1. The Labute approximate surface area is 168 Å². The van der Waals surface area contributed by atoms with E-state index < -0.39 is 13.3 Å². The van der Waals surface area contributed by atoms with Crippen LogP contribution in [0.4, 0.5) is 0 Å². The van der Waals surface area contributed by atoms with Gasteiger partial charge in [-0.05, 0) is 59.5 Å². The van der Waals surface area contributed by atoms with Gasteiger partial charge in [0.25, 0.3) is 7.37 Å². The Balaban J connectivity index is 2.29. The van der Waals surface area contributed by atoms with E-state index in [0.717, 1.165) is 11.1 Å². The second-order valence-corrected chi connectivity index (χ2v) is 9.34. The minimum absolute atomic E-state index is 0.262. The van der Waals surface area contributed by atoms with Crippen molar-refractivity contribution in [3.05, 3.63) is 75.3 Å². The molecular formula is C21H18ClN2O3P. The van der Waals surface area contributed by atoms with Gasteiger partial charge in [-0.3, -0.25) is 9.36 Å². The van der Waals surface area contributed by atoms with Gasteiger partial charge < -0.3 is 10.3 Å². The molecule has 3 rings (SSSR count). The summed E-state index contributed by atoms with van der Waals surface area (Å²) in [4.78, 5) is 12.1. The molecular weight excluding hydrogens is 395 g/mol. The van der Waals surface area contributed by atoms with Crippen LogP contribution in [-0.4, -0.2) is 13.0 Å². The quantitative estimate of drug-likeness (QED) is 0.588. The molecule has 1 amide bonds. The third-order valence-electron chi connectivity index (χ3n) is 4.60. The largest absolute Gasteiger partial charge is 0.366 e. The maximum absolute atomic E-state index is 14.1. The Kier molecular flexibility index (Phi) is 5.58. The first-order valence-corrected chi connectivity index (χ1v) is 10.5. The molecule has 28 heavy (non-hydrogen) atoms. The zero-order valence-corrected chi connectivity index (χ0v) is 17.1. The van der Waals surface area contributed by atoms with Crippen LogP contribution in [0.1, 0.15) is 22.3 Å². The van der Waals surface area contributed by atoms with E-state index in [1.807, 2.05) is 19.1 Å². The average molecular weight is 413 g/mol. The topological polar surface area (TPSA) is 93.2 Å². The number of nitrogens with zero attached hydrogens (tertiary/aromatic N) is 1. The molecule has 142 valence electrons. The number of allylic oxidation sites excluding steroid dienone is 1. The number of carbonyl (C=O) groups excluding carboxylic acids is 1. The number of rotatable bonds is 5. The van der Waals surface area contributed by atoms with Gasteiger partial charge in [0.2, 0.25) is 5.91 Å². The molecule has 0 heterocycles. The summed E-state index contributed by atoms with van der Waals surface area (Å²) in [6.07, 6.45) is 3.24. The number of halogens is 1. The molecule has 5 nitrogen and oxygen atoms in total. The molecule has 1 aliphatic carbocycles. The third kappa shape index (κ3) is 3.55. The highest BCUT2D eigenvalue weighted by Crippen LogP contribution is 2.62. The normalized spacial score (nSPS) is 15.4. The van der Waals surface area contributed by atoms with Crippen LogP contribution in [0.3, 0.4) is 0 Å². The zero-order chi connectivity index (χ0) is 20.5. The Morgan fingerprint density at radius 1 is 1.32 bits per heavy atom. The highest BCUT2D eigenvalue weighted by Gasteiger charge is 2.40. The van der Waals surface area contributed by atoms with Gasteiger partial charge in [0.15, 0.2) is 0 Å². The molecule has 0 spiro atoms. The molecule has 0 aliphatic heterocycles. The highest BCUT2D eigenvalue weighted by molar-refractivity contribution is 7.77. The number of nitrogens with two attached hydrogens (primary N) is 1. The number of benzene rings is 2. The van der Waals surface area contributed by atoms with E-state index in [2.05, 4.69) is 0 Å². The van der Waals surface area contributed by atoms with Crippen molar-refractivity contribution in [3.63, 3.8) is 0 Å². The maximum Gasteiger partial charge on any atom is 0.262 e. The highest BCUT2D eigenvalue weighted by atomic mass is 35.5. The summed E-state index contributed by atoms with van der Waals surface area (Å²) in [5.41, 5.74) is 8.86. The van der Waals surface area contributed by atoms with E-state index in [0.29, 0.717) is 26.8 Å². The number of primary amides is 1. The zero-order valence-electron chi connectivity index (χ0n) is 15.4. The van der Waals surface area contributed by atoms with E-state index >= 15 is 0 Å². The van der Waals surface area contributed by atoms with Crippen LogP contribution < -0.4 is 11.0 Å². The first kappa shape index (κ1) is 20.1. The third-order valence-corrected chi connectivity index (χ3v) is 7.39. The van der Waals surface area contributed by atoms with Crippen LogP contribution >= 0.6 is 19.0 Å². The number of nitriles is 1. The summed E-state index contributed by atoms with van der Waals surface area (Å²) in [7, 11) is -2.30. The molecule has 0 saturated carbocycles. The van der Waals surface area contributed by atoms with Gasteiger partial charge in [-0.15, -0.1) is 0 Å². The first-order valence-electron chi connectivity index (χ1n) is 8.46. The van der Waals surface area contributed by atoms with E-state index in [4.69, 9.17) is 27.1 Å². The van der Waals surface area contributed by atoms with Gasteiger partial charge in [-0.2, -0.15) is 5.26 Å². The number of hydrogen-bond donors (Lipinski definition) is 1. The second-order valence-electron chi connectivity index (χ2n) is 6.47. The van der Waals surface area contributed by atoms with Crippen molar-refractivity contribution in [2.75, 3.05) is 7.11 Å². The summed E-state index contributed by atoms with van der Waals surface area (Å²) in [6.45, 7) is 1.86. The van der Waals surface area contributed by atoms with Crippen molar-refractivity contribution in [1.82, 2.24) is 0 Å². The van der Waals surface area contributed by atoms with E-state index in [9.17, 15) is 9.36 Å². The Morgan fingerprint density at radius 3 is 2.71 bits per heavy atom. The minimum Gasteiger partial charge on any atom is -0.366 e. The van der Waals surface area contributed by atoms with Crippen molar-refractivity contribution < 1.29 is 13.9 Å². The van der Waals surface area contributed by atoms with Gasteiger partial charge in [-0.1, -0.05) is 23.7 Å². The van der Waals surface area contributed by atoms with Crippen molar-refractivity contribution >= 4 is 41.6 Å². The van der Waals surface area contributed by atoms with E-state index in [-0.39, 0.29) is 12.0 Å². The second kappa shape index (κ2) is 7.77. The SMILES string of the molecule is CO[P@@](=O)(C1=C(C(N)=O)Cc2ccc(Cl)cc21)c1cc(C)cc(/C=C/C#N)c1. The predicted molar refractivity (Wildman–Crippen MR) is 111 cm³/mol. The van der Waals surface area contributed by atoms with Crippen molar-refractivity contribution in [2.24, 2.45) is 5.73 Å². The smallest absolute Gasteiger partial charge is 0.262 e. The molecule has 0 unspecified atom stereocenters. The van der Waals surface area contributed by atoms with Gasteiger partial charge in [0.05, 0.1) is 11.4 Å². The number of fused-ring (bicyclic) bond motifs is 1. The number of aryl methyl sites for hydroxylation is 1. The molecule has 1 atom stereocenters. The fourth-order valence-electron chi connectivity index (χ4n) is 3.42. The number of amides is 1. The minimum atomic E-state index is -3.65.